The van der Waals surface area contributed by atoms with E-state index in [4.69, 9.17) is 9.15 Å². The van der Waals surface area contributed by atoms with Gasteiger partial charge in [0.15, 0.2) is 0 Å². The van der Waals surface area contributed by atoms with Gasteiger partial charge >= 0.3 is 0 Å². The highest BCUT2D eigenvalue weighted by Gasteiger charge is 2.20. The minimum atomic E-state index is -0.0738. The Kier molecular flexibility index (Phi) is 6.60. The molecule has 0 bridgehead atoms. The van der Waals surface area contributed by atoms with Gasteiger partial charge in [-0.25, -0.2) is 0 Å². The molecule has 0 saturated heterocycles. The van der Waals surface area contributed by atoms with Crippen LogP contribution < -0.4 is 4.74 Å². The van der Waals surface area contributed by atoms with Gasteiger partial charge in [0.1, 0.15) is 18.1 Å². The molecule has 0 aliphatic carbocycles. The van der Waals surface area contributed by atoms with Crippen LogP contribution in [0.5, 0.6) is 5.75 Å². The van der Waals surface area contributed by atoms with Gasteiger partial charge in [0.25, 0.3) is 5.91 Å². The molecule has 32 heavy (non-hydrogen) atoms. The van der Waals surface area contributed by atoms with Crippen molar-refractivity contribution >= 4 is 5.91 Å². The number of nitrogens with zero attached hydrogens (tertiary/aromatic N) is 3. The van der Waals surface area contributed by atoms with Gasteiger partial charge in [0, 0.05) is 42.5 Å². The number of carbonyl (C=O) groups excluding carboxylic acids is 1. The number of amides is 1. The summed E-state index contributed by atoms with van der Waals surface area (Å²) in [6.07, 6.45) is 8.63. The average molecular weight is 428 g/mol. The summed E-state index contributed by atoms with van der Waals surface area (Å²) in [6.45, 7) is 5.15. The summed E-state index contributed by atoms with van der Waals surface area (Å²) in [5.74, 6) is 1.44. The molecule has 0 saturated carbocycles. The number of hydrogen-bond donors (Lipinski definition) is 0. The van der Waals surface area contributed by atoms with Crippen LogP contribution in [0, 0.1) is 13.8 Å². The van der Waals surface area contributed by atoms with Crippen LogP contribution in [-0.4, -0.2) is 20.8 Å². The fourth-order valence-corrected chi connectivity index (χ4v) is 3.63. The number of rotatable bonds is 8. The van der Waals surface area contributed by atoms with Crippen molar-refractivity contribution in [3.8, 4) is 5.75 Å². The van der Waals surface area contributed by atoms with Crippen molar-refractivity contribution in [2.24, 2.45) is 0 Å². The van der Waals surface area contributed by atoms with Crippen LogP contribution in [0.4, 0.5) is 0 Å². The molecular weight excluding hydrogens is 402 g/mol. The molecule has 1 aromatic carbocycles. The summed E-state index contributed by atoms with van der Waals surface area (Å²) < 4.78 is 11.5. The second-order valence-electron chi connectivity index (χ2n) is 7.69. The smallest absolute Gasteiger partial charge is 0.254 e. The summed E-state index contributed by atoms with van der Waals surface area (Å²) in [6, 6.07) is 15.1. The van der Waals surface area contributed by atoms with E-state index in [1.54, 1.807) is 36.0 Å². The van der Waals surface area contributed by atoms with E-state index in [0.717, 1.165) is 33.8 Å². The van der Waals surface area contributed by atoms with E-state index in [1.807, 2.05) is 62.4 Å². The molecule has 4 aromatic rings. The largest absolute Gasteiger partial charge is 0.488 e. The average Bonchev–Trinajstić information content (AvgIpc) is 3.32. The maximum Gasteiger partial charge on any atom is 0.254 e. The minimum Gasteiger partial charge on any atom is -0.488 e. The van der Waals surface area contributed by atoms with Gasteiger partial charge in [0.2, 0.25) is 0 Å². The monoisotopic (exact) mass is 427 g/mol. The Morgan fingerprint density at radius 3 is 2.22 bits per heavy atom. The number of ether oxygens (including phenoxy) is 1. The molecule has 6 nitrogen and oxygen atoms in total. The Balaban J connectivity index is 1.55. The van der Waals surface area contributed by atoms with Crippen LogP contribution in [-0.2, 0) is 19.7 Å². The summed E-state index contributed by atoms with van der Waals surface area (Å²) >= 11 is 0. The fraction of sp³-hybridized carbons (Fsp3) is 0.192. The Labute approximate surface area is 187 Å². The maximum absolute atomic E-state index is 13.5. The van der Waals surface area contributed by atoms with Crippen LogP contribution in [0.2, 0.25) is 0 Å². The van der Waals surface area contributed by atoms with E-state index in [2.05, 4.69) is 9.97 Å². The third kappa shape index (κ3) is 5.21. The molecule has 0 N–H and O–H groups in total. The molecule has 0 aliphatic rings. The normalized spacial score (nSPS) is 10.7. The first-order valence-corrected chi connectivity index (χ1v) is 10.4. The SMILES string of the molecule is Cc1cc(C(=O)N(Cc2cccnc2)Cc2ccco2)cc(C)c1OCc1cccnc1. The lowest BCUT2D eigenvalue weighted by molar-refractivity contribution is 0.0717. The van der Waals surface area contributed by atoms with E-state index in [9.17, 15) is 4.79 Å². The van der Waals surface area contributed by atoms with E-state index in [0.29, 0.717) is 25.3 Å². The second kappa shape index (κ2) is 9.92. The van der Waals surface area contributed by atoms with Gasteiger partial charge in [-0.2, -0.15) is 0 Å². The van der Waals surface area contributed by atoms with Crippen LogP contribution in [0.25, 0.3) is 0 Å². The third-order valence-electron chi connectivity index (χ3n) is 5.12. The molecule has 162 valence electrons. The zero-order valence-electron chi connectivity index (χ0n) is 18.2. The van der Waals surface area contributed by atoms with Gasteiger partial charge in [-0.15, -0.1) is 0 Å². The molecule has 3 heterocycles. The van der Waals surface area contributed by atoms with E-state index >= 15 is 0 Å². The number of benzene rings is 1. The van der Waals surface area contributed by atoms with Crippen molar-refractivity contribution in [1.29, 1.82) is 0 Å². The quantitative estimate of drug-likeness (QED) is 0.391. The molecule has 0 atom stereocenters. The molecule has 0 unspecified atom stereocenters. The summed E-state index contributed by atoms with van der Waals surface area (Å²) in [5, 5.41) is 0. The Morgan fingerprint density at radius 1 is 0.938 bits per heavy atom. The fourth-order valence-electron chi connectivity index (χ4n) is 3.63. The predicted molar refractivity (Wildman–Crippen MR) is 121 cm³/mol. The van der Waals surface area contributed by atoms with E-state index < -0.39 is 0 Å². The lowest BCUT2D eigenvalue weighted by atomic mass is 10.0. The predicted octanol–water partition coefficient (Wildman–Crippen LogP) is 5.11. The summed E-state index contributed by atoms with van der Waals surface area (Å²) in [5.41, 5.74) is 4.39. The molecular formula is C26H25N3O3. The van der Waals surface area contributed by atoms with Crippen LogP contribution in [0.15, 0.2) is 84.0 Å². The molecule has 3 aromatic heterocycles. The van der Waals surface area contributed by atoms with E-state index in [-0.39, 0.29) is 5.91 Å². The molecule has 4 rings (SSSR count). The lowest BCUT2D eigenvalue weighted by Crippen LogP contribution is -2.30. The maximum atomic E-state index is 13.5. The second-order valence-corrected chi connectivity index (χ2v) is 7.69. The minimum absolute atomic E-state index is 0.0738. The van der Waals surface area contributed by atoms with Crippen LogP contribution in [0.1, 0.15) is 38.4 Å². The Morgan fingerprint density at radius 2 is 1.62 bits per heavy atom. The number of hydrogen-bond acceptors (Lipinski definition) is 5. The number of furan rings is 1. The van der Waals surface area contributed by atoms with Gasteiger partial charge < -0.3 is 14.1 Å². The molecule has 1 amide bonds. The van der Waals surface area contributed by atoms with Crippen molar-refractivity contribution < 1.29 is 13.9 Å². The standard InChI is InChI=1S/C26H25N3O3/c1-19-12-23(13-20(2)25(19)32-18-22-7-4-10-28-15-22)26(30)29(17-24-8-5-11-31-24)16-21-6-3-9-27-14-21/h3-15H,16-18H2,1-2H3. The molecule has 0 spiro atoms. The zero-order valence-corrected chi connectivity index (χ0v) is 18.2. The van der Waals surface area contributed by atoms with Gasteiger partial charge in [-0.3, -0.25) is 14.8 Å². The van der Waals surface area contributed by atoms with Crippen molar-refractivity contribution in [2.75, 3.05) is 0 Å². The topological polar surface area (TPSA) is 68.5 Å². The van der Waals surface area contributed by atoms with Crippen LogP contribution >= 0.6 is 0 Å². The number of pyridine rings is 2. The molecule has 0 radical (unpaired) electrons. The first kappa shape index (κ1) is 21.3. The van der Waals surface area contributed by atoms with Crippen LogP contribution in [0.3, 0.4) is 0 Å². The van der Waals surface area contributed by atoms with Crippen molar-refractivity contribution in [3.63, 3.8) is 0 Å². The van der Waals surface area contributed by atoms with Crippen molar-refractivity contribution in [2.45, 2.75) is 33.5 Å². The molecule has 0 aliphatic heterocycles. The van der Waals surface area contributed by atoms with Gasteiger partial charge in [-0.05, 0) is 66.9 Å². The highest BCUT2D eigenvalue weighted by molar-refractivity contribution is 5.95. The Hall–Kier alpha value is -3.93. The number of carbonyl (C=O) groups is 1. The van der Waals surface area contributed by atoms with Crippen molar-refractivity contribution in [1.82, 2.24) is 14.9 Å². The molecule has 6 heteroatoms. The van der Waals surface area contributed by atoms with Crippen molar-refractivity contribution in [3.05, 3.63) is 113 Å². The summed E-state index contributed by atoms with van der Waals surface area (Å²) in [7, 11) is 0. The Bertz CT molecular complexity index is 1140. The first-order chi connectivity index (χ1) is 15.6. The van der Waals surface area contributed by atoms with Gasteiger partial charge in [-0.1, -0.05) is 12.1 Å². The number of aryl methyl sites for hydroxylation is 2. The highest BCUT2D eigenvalue weighted by atomic mass is 16.5. The number of aromatic nitrogens is 2. The third-order valence-corrected chi connectivity index (χ3v) is 5.12. The summed E-state index contributed by atoms with van der Waals surface area (Å²) in [4.78, 5) is 23.5. The first-order valence-electron chi connectivity index (χ1n) is 10.4. The highest BCUT2D eigenvalue weighted by Crippen LogP contribution is 2.27. The van der Waals surface area contributed by atoms with E-state index in [1.165, 1.54) is 0 Å². The lowest BCUT2D eigenvalue weighted by Gasteiger charge is -2.23. The molecule has 0 fully saturated rings. The zero-order chi connectivity index (χ0) is 22.3. The van der Waals surface area contributed by atoms with Gasteiger partial charge in [0.05, 0.1) is 12.8 Å².